The molecule has 0 bridgehead atoms. The summed E-state index contributed by atoms with van der Waals surface area (Å²) in [7, 11) is 0. The third-order valence-corrected chi connectivity index (χ3v) is 5.20. The Labute approximate surface area is 161 Å². The number of fused-ring (bicyclic) bond motifs is 1. The maximum Gasteiger partial charge on any atom is 0.254 e. The van der Waals surface area contributed by atoms with Crippen LogP contribution >= 0.6 is 11.6 Å². The van der Waals surface area contributed by atoms with Gasteiger partial charge in [-0.1, -0.05) is 16.8 Å². The predicted molar refractivity (Wildman–Crippen MR) is 102 cm³/mol. The molecule has 140 valence electrons. The SMILES string of the molecule is Cc1cc(C[C@@H]2CN(C(=O)c3cc(C)nc4ccc(Cl)cc34)C[C@H]2O)on1. The summed E-state index contributed by atoms with van der Waals surface area (Å²) in [6.07, 6.45) is -0.0505. The summed E-state index contributed by atoms with van der Waals surface area (Å²) in [5.41, 5.74) is 2.86. The van der Waals surface area contributed by atoms with E-state index < -0.39 is 6.10 Å². The molecule has 2 atom stereocenters. The minimum atomic E-state index is -0.600. The van der Waals surface area contributed by atoms with E-state index >= 15 is 0 Å². The number of aryl methyl sites for hydroxylation is 2. The summed E-state index contributed by atoms with van der Waals surface area (Å²) >= 11 is 6.12. The van der Waals surface area contributed by atoms with E-state index in [0.29, 0.717) is 30.1 Å². The number of halogens is 1. The van der Waals surface area contributed by atoms with E-state index in [1.165, 1.54) is 0 Å². The molecule has 0 radical (unpaired) electrons. The fourth-order valence-electron chi connectivity index (χ4n) is 3.67. The Morgan fingerprint density at radius 2 is 2.07 bits per heavy atom. The van der Waals surface area contributed by atoms with Gasteiger partial charge in [-0.15, -0.1) is 0 Å². The van der Waals surface area contributed by atoms with E-state index in [0.717, 1.165) is 28.1 Å². The first-order chi connectivity index (χ1) is 12.9. The molecule has 0 aliphatic carbocycles. The van der Waals surface area contributed by atoms with E-state index in [4.69, 9.17) is 16.1 Å². The number of benzene rings is 1. The maximum absolute atomic E-state index is 13.2. The van der Waals surface area contributed by atoms with Crippen LogP contribution in [-0.4, -0.2) is 45.2 Å². The first-order valence-electron chi connectivity index (χ1n) is 8.87. The average molecular weight is 386 g/mol. The molecule has 1 aliphatic rings. The quantitative estimate of drug-likeness (QED) is 0.749. The first kappa shape index (κ1) is 17.9. The molecule has 2 aromatic heterocycles. The summed E-state index contributed by atoms with van der Waals surface area (Å²) < 4.78 is 5.25. The molecule has 7 heteroatoms. The van der Waals surface area contributed by atoms with Crippen LogP contribution < -0.4 is 0 Å². The molecule has 6 nitrogen and oxygen atoms in total. The molecule has 1 N–H and O–H groups in total. The number of amides is 1. The summed E-state index contributed by atoms with van der Waals surface area (Å²) in [5, 5.41) is 15.6. The van der Waals surface area contributed by atoms with Crippen molar-refractivity contribution < 1.29 is 14.4 Å². The average Bonchev–Trinajstić information content (AvgIpc) is 3.20. The van der Waals surface area contributed by atoms with E-state index in [1.807, 2.05) is 26.0 Å². The van der Waals surface area contributed by atoms with Crippen molar-refractivity contribution in [3.63, 3.8) is 0 Å². The van der Waals surface area contributed by atoms with Crippen LogP contribution in [0.15, 0.2) is 34.9 Å². The summed E-state index contributed by atoms with van der Waals surface area (Å²) in [6.45, 7) is 4.47. The minimum absolute atomic E-state index is 0.0842. The smallest absolute Gasteiger partial charge is 0.254 e. The molecule has 27 heavy (non-hydrogen) atoms. The van der Waals surface area contributed by atoms with Crippen molar-refractivity contribution in [1.82, 2.24) is 15.0 Å². The number of aliphatic hydroxyl groups excluding tert-OH is 1. The van der Waals surface area contributed by atoms with Crippen molar-refractivity contribution in [3.8, 4) is 0 Å². The van der Waals surface area contributed by atoms with Crippen molar-refractivity contribution in [2.75, 3.05) is 13.1 Å². The number of likely N-dealkylation sites (tertiary alicyclic amines) is 1. The Balaban J connectivity index is 1.60. The Hall–Kier alpha value is -2.44. The van der Waals surface area contributed by atoms with Crippen molar-refractivity contribution in [1.29, 1.82) is 0 Å². The number of hydrogen-bond donors (Lipinski definition) is 1. The number of carbonyl (C=O) groups excluding carboxylic acids is 1. The first-order valence-corrected chi connectivity index (χ1v) is 9.25. The van der Waals surface area contributed by atoms with Gasteiger partial charge >= 0.3 is 0 Å². The van der Waals surface area contributed by atoms with E-state index in [9.17, 15) is 9.90 Å². The van der Waals surface area contributed by atoms with Crippen molar-refractivity contribution in [3.05, 3.63) is 58.1 Å². The number of aromatic nitrogens is 2. The monoisotopic (exact) mass is 385 g/mol. The lowest BCUT2D eigenvalue weighted by Gasteiger charge is -2.17. The number of β-amino-alcohol motifs (C(OH)–C–C–N with tert-alkyl or cyclic N) is 1. The molecule has 1 aliphatic heterocycles. The highest BCUT2D eigenvalue weighted by Gasteiger charge is 2.35. The van der Waals surface area contributed by atoms with Gasteiger partial charge in [-0.2, -0.15) is 0 Å². The van der Waals surface area contributed by atoms with Gasteiger partial charge in [-0.3, -0.25) is 9.78 Å². The molecule has 1 fully saturated rings. The summed E-state index contributed by atoms with van der Waals surface area (Å²) in [5.74, 6) is 0.519. The third-order valence-electron chi connectivity index (χ3n) is 4.96. The lowest BCUT2D eigenvalue weighted by molar-refractivity contribution is 0.0766. The van der Waals surface area contributed by atoms with E-state index in [-0.39, 0.29) is 11.8 Å². The minimum Gasteiger partial charge on any atom is -0.391 e. The van der Waals surface area contributed by atoms with Crippen LogP contribution in [0.25, 0.3) is 10.9 Å². The number of nitrogens with zero attached hydrogens (tertiary/aromatic N) is 3. The zero-order chi connectivity index (χ0) is 19.1. The number of aliphatic hydroxyl groups is 1. The van der Waals surface area contributed by atoms with Gasteiger partial charge < -0.3 is 14.5 Å². The van der Waals surface area contributed by atoms with Crippen LogP contribution in [0.3, 0.4) is 0 Å². The van der Waals surface area contributed by atoms with Gasteiger partial charge in [0.05, 0.1) is 22.9 Å². The standard InChI is InChI=1S/C20H20ClN3O3/c1-11-6-17(16-8-14(21)3-4-18(16)22-11)20(26)24-9-13(19(25)10-24)7-15-5-12(2)23-27-15/h3-6,8,13,19,25H,7,9-10H2,1-2H3/t13-,19-/m1/s1. The second-order valence-corrected chi connectivity index (χ2v) is 7.59. The Morgan fingerprint density at radius 3 is 2.81 bits per heavy atom. The van der Waals surface area contributed by atoms with Crippen molar-refractivity contribution >= 4 is 28.4 Å². The predicted octanol–water partition coefficient (Wildman–Crippen LogP) is 3.17. The fourth-order valence-corrected chi connectivity index (χ4v) is 3.84. The van der Waals surface area contributed by atoms with Crippen LogP contribution in [0.4, 0.5) is 0 Å². The van der Waals surface area contributed by atoms with Crippen LogP contribution in [0.1, 0.15) is 27.5 Å². The highest BCUT2D eigenvalue weighted by atomic mass is 35.5. The zero-order valence-electron chi connectivity index (χ0n) is 15.1. The second-order valence-electron chi connectivity index (χ2n) is 7.15. The Kier molecular flexibility index (Phi) is 4.61. The highest BCUT2D eigenvalue weighted by Crippen LogP contribution is 2.27. The number of hydrogen-bond acceptors (Lipinski definition) is 5. The van der Waals surface area contributed by atoms with Gasteiger partial charge in [-0.05, 0) is 38.1 Å². The number of pyridine rings is 1. The van der Waals surface area contributed by atoms with E-state index in [2.05, 4.69) is 10.1 Å². The van der Waals surface area contributed by atoms with Crippen LogP contribution in [-0.2, 0) is 6.42 Å². The zero-order valence-corrected chi connectivity index (χ0v) is 15.9. The topological polar surface area (TPSA) is 79.5 Å². The van der Waals surface area contributed by atoms with Gasteiger partial charge in [0.15, 0.2) is 0 Å². The molecule has 3 heterocycles. The fraction of sp³-hybridized carbons (Fsp3) is 0.350. The molecule has 4 rings (SSSR count). The highest BCUT2D eigenvalue weighted by molar-refractivity contribution is 6.31. The van der Waals surface area contributed by atoms with Crippen molar-refractivity contribution in [2.24, 2.45) is 5.92 Å². The van der Waals surface area contributed by atoms with Gasteiger partial charge in [-0.25, -0.2) is 0 Å². The number of carbonyl (C=O) groups is 1. The second kappa shape index (κ2) is 6.94. The van der Waals surface area contributed by atoms with Gasteiger partial charge in [0.2, 0.25) is 0 Å². The Morgan fingerprint density at radius 1 is 1.26 bits per heavy atom. The molecule has 1 aromatic carbocycles. The molecule has 1 saturated heterocycles. The van der Waals surface area contributed by atoms with Gasteiger partial charge in [0, 0.05) is 47.6 Å². The van der Waals surface area contributed by atoms with Crippen LogP contribution in [0, 0.1) is 19.8 Å². The molecular formula is C20H20ClN3O3. The molecule has 0 spiro atoms. The van der Waals surface area contributed by atoms with Crippen molar-refractivity contribution in [2.45, 2.75) is 26.4 Å². The molecule has 1 amide bonds. The largest absolute Gasteiger partial charge is 0.391 e. The maximum atomic E-state index is 13.2. The molecule has 3 aromatic rings. The lowest BCUT2D eigenvalue weighted by Crippen LogP contribution is -2.30. The van der Waals surface area contributed by atoms with Crippen LogP contribution in [0.5, 0.6) is 0 Å². The third kappa shape index (κ3) is 3.55. The molecule has 0 saturated carbocycles. The Bertz CT molecular complexity index is 1020. The summed E-state index contributed by atoms with van der Waals surface area (Å²) in [6, 6.07) is 8.98. The summed E-state index contributed by atoms with van der Waals surface area (Å²) in [4.78, 5) is 19.3. The number of rotatable bonds is 3. The van der Waals surface area contributed by atoms with E-state index in [1.54, 1.807) is 23.1 Å². The lowest BCUT2D eigenvalue weighted by atomic mass is 10.0. The van der Waals surface area contributed by atoms with Crippen LogP contribution in [0.2, 0.25) is 5.02 Å². The van der Waals surface area contributed by atoms with Gasteiger partial charge in [0.1, 0.15) is 5.76 Å². The molecular weight excluding hydrogens is 366 g/mol. The normalized spacial score (nSPS) is 19.8. The van der Waals surface area contributed by atoms with Gasteiger partial charge in [0.25, 0.3) is 5.91 Å². The molecule has 0 unspecified atom stereocenters.